The number of hydrogen-bond donors (Lipinski definition) is 4. The van der Waals surface area contributed by atoms with Crippen LogP contribution in [0.4, 0.5) is 0 Å². The molecule has 0 saturated heterocycles. The minimum absolute atomic E-state index is 0.342. The molecule has 0 amide bonds. The Kier molecular flexibility index (Phi) is 31.7. The fraction of sp³-hybridized carbons (Fsp3) is 0.545. The summed E-state index contributed by atoms with van der Waals surface area (Å²) < 4.78 is 0. The lowest BCUT2D eigenvalue weighted by atomic mass is 9.89. The maximum atomic E-state index is 5.51. The fourth-order valence-electron chi connectivity index (χ4n) is 2.90. The summed E-state index contributed by atoms with van der Waals surface area (Å²) in [7, 11) is 0. The Bertz CT molecular complexity index is 783. The van der Waals surface area contributed by atoms with Gasteiger partial charge >= 0.3 is 0 Å². The third kappa shape index (κ3) is 20.1. The molecule has 7 N–H and O–H groups in total. The first-order valence-electron chi connectivity index (χ1n) is 14.3. The molecule has 0 aliphatic rings. The largest absolute Gasteiger partial charge is 0.405 e. The number of nitrogens with two attached hydrogens (primary N) is 3. The SMILES string of the molecule is C=C/C(=C\C(=C/C)C(C)C(C)C)NCc1cccnc1.CC.CC.CC.CC(C)C(C)C(/C=C\N)=C(N)N. The quantitative estimate of drug-likeness (QED) is 0.228. The summed E-state index contributed by atoms with van der Waals surface area (Å²) in [5.74, 6) is 2.38. The second-order valence-electron chi connectivity index (χ2n) is 8.64. The van der Waals surface area contributed by atoms with Crippen LogP contribution in [0.15, 0.2) is 84.3 Å². The Balaban J connectivity index is -0.000000275. The molecule has 0 spiro atoms. The van der Waals surface area contributed by atoms with Crippen LogP contribution in [0.3, 0.4) is 0 Å². The van der Waals surface area contributed by atoms with E-state index >= 15 is 0 Å². The Hall–Kier alpha value is -2.95. The lowest BCUT2D eigenvalue weighted by molar-refractivity contribution is 0.484. The van der Waals surface area contributed by atoms with E-state index in [0.717, 1.165) is 17.8 Å². The highest BCUT2D eigenvalue weighted by molar-refractivity contribution is 5.30. The number of allylic oxidation sites excluding steroid dienone is 6. The van der Waals surface area contributed by atoms with Crippen LogP contribution >= 0.6 is 0 Å². The Morgan fingerprint density at radius 1 is 0.947 bits per heavy atom. The summed E-state index contributed by atoms with van der Waals surface area (Å²) in [6, 6.07) is 4.01. The molecular weight excluding hydrogens is 466 g/mol. The first-order chi connectivity index (χ1) is 18.1. The highest BCUT2D eigenvalue weighted by Crippen LogP contribution is 2.22. The molecule has 1 aromatic heterocycles. The topological polar surface area (TPSA) is 103 Å². The van der Waals surface area contributed by atoms with E-state index in [1.807, 2.05) is 59.9 Å². The highest BCUT2D eigenvalue weighted by Gasteiger charge is 2.12. The molecule has 0 fully saturated rings. The molecule has 2 unspecified atom stereocenters. The van der Waals surface area contributed by atoms with E-state index in [1.165, 1.54) is 17.3 Å². The van der Waals surface area contributed by atoms with Gasteiger partial charge in [0.2, 0.25) is 0 Å². The molecule has 0 aliphatic carbocycles. The number of hydrogen-bond acceptors (Lipinski definition) is 5. The first kappa shape index (κ1) is 42.2. The van der Waals surface area contributed by atoms with E-state index in [-0.39, 0.29) is 0 Å². The second-order valence-corrected chi connectivity index (χ2v) is 8.64. The van der Waals surface area contributed by atoms with Crippen LogP contribution in [-0.2, 0) is 6.54 Å². The Morgan fingerprint density at radius 3 is 1.82 bits per heavy atom. The van der Waals surface area contributed by atoms with E-state index in [9.17, 15) is 0 Å². The van der Waals surface area contributed by atoms with E-state index in [0.29, 0.717) is 29.5 Å². The summed E-state index contributed by atoms with van der Waals surface area (Å²) in [4.78, 5) is 4.12. The van der Waals surface area contributed by atoms with Gasteiger partial charge in [0, 0.05) is 24.6 Å². The van der Waals surface area contributed by atoms with Gasteiger partial charge in [0.1, 0.15) is 0 Å². The van der Waals surface area contributed by atoms with E-state index in [2.05, 4.69) is 83.6 Å². The van der Waals surface area contributed by atoms with E-state index < -0.39 is 0 Å². The molecule has 5 nitrogen and oxygen atoms in total. The standard InChI is InChI=1S/C18H26N2.C9H19N3.3C2H6/c1-6-17(15(5)14(3)4)11-18(7-2)20-13-16-9-8-10-19-12-16;1-6(2)7(3)8(4-5-10)9(11)12;3*1-2/h6-12,14-15,20H,2,13H2,1,3-5H3;4-7H,10-12H2,1-3H3;3*1-2H3/b17-6+,18-11+;5-4-;;;. The first-order valence-corrected chi connectivity index (χ1v) is 14.3. The lowest BCUT2D eigenvalue weighted by Crippen LogP contribution is -2.18. The van der Waals surface area contributed by atoms with Gasteiger partial charge in [-0.25, -0.2) is 0 Å². The van der Waals surface area contributed by atoms with Gasteiger partial charge in [0.05, 0.1) is 5.82 Å². The zero-order valence-electron chi connectivity index (χ0n) is 27.1. The van der Waals surface area contributed by atoms with Crippen LogP contribution < -0.4 is 22.5 Å². The van der Waals surface area contributed by atoms with Gasteiger partial charge in [-0.3, -0.25) is 4.98 Å². The number of pyridine rings is 1. The smallest absolute Gasteiger partial charge is 0.0969 e. The van der Waals surface area contributed by atoms with Crippen molar-refractivity contribution in [3.63, 3.8) is 0 Å². The Labute approximate surface area is 237 Å². The summed E-state index contributed by atoms with van der Waals surface area (Å²) >= 11 is 0. The van der Waals surface area contributed by atoms with Crippen molar-refractivity contribution < 1.29 is 0 Å². The minimum atomic E-state index is 0.342. The van der Waals surface area contributed by atoms with Crippen LogP contribution in [0.1, 0.15) is 95.6 Å². The van der Waals surface area contributed by atoms with Gasteiger partial charge in [0.15, 0.2) is 0 Å². The second kappa shape index (κ2) is 28.6. The molecule has 220 valence electrons. The number of rotatable bonds is 10. The molecule has 1 rings (SSSR count). The molecular formula is C33H63N5. The molecule has 38 heavy (non-hydrogen) atoms. The third-order valence-corrected chi connectivity index (χ3v) is 5.72. The number of nitrogens with zero attached hydrogens (tertiary/aromatic N) is 1. The maximum absolute atomic E-state index is 5.51. The van der Waals surface area contributed by atoms with Gasteiger partial charge in [-0.05, 0) is 77.8 Å². The fourth-order valence-corrected chi connectivity index (χ4v) is 2.90. The maximum Gasteiger partial charge on any atom is 0.0969 e. The molecule has 0 aromatic carbocycles. The zero-order chi connectivity index (χ0) is 30.7. The summed E-state index contributed by atoms with van der Waals surface area (Å²) in [5, 5.41) is 3.41. The lowest BCUT2D eigenvalue weighted by Gasteiger charge is -2.18. The number of nitrogens with one attached hydrogen (secondary N) is 1. The monoisotopic (exact) mass is 530 g/mol. The minimum Gasteiger partial charge on any atom is -0.405 e. The van der Waals surface area contributed by atoms with Crippen molar-refractivity contribution >= 4 is 0 Å². The summed E-state index contributed by atoms with van der Waals surface area (Å²) in [5.41, 5.74) is 20.8. The van der Waals surface area contributed by atoms with E-state index in [1.54, 1.807) is 12.3 Å². The average Bonchev–Trinajstić information content (AvgIpc) is 2.95. The van der Waals surface area contributed by atoms with Crippen LogP contribution in [0.2, 0.25) is 0 Å². The van der Waals surface area contributed by atoms with Crippen molar-refractivity contribution in [1.82, 2.24) is 10.3 Å². The van der Waals surface area contributed by atoms with E-state index in [4.69, 9.17) is 17.2 Å². The number of aromatic nitrogens is 1. The predicted octanol–water partition coefficient (Wildman–Crippen LogP) is 8.44. The molecule has 0 aliphatic heterocycles. The van der Waals surface area contributed by atoms with Crippen molar-refractivity contribution in [1.29, 1.82) is 0 Å². The third-order valence-electron chi connectivity index (χ3n) is 5.72. The Morgan fingerprint density at radius 2 is 1.47 bits per heavy atom. The zero-order valence-corrected chi connectivity index (χ0v) is 27.1. The average molecular weight is 530 g/mol. The van der Waals surface area contributed by atoms with Crippen molar-refractivity contribution in [2.75, 3.05) is 0 Å². The van der Waals surface area contributed by atoms with Crippen LogP contribution in [0.25, 0.3) is 0 Å². The highest BCUT2D eigenvalue weighted by atomic mass is 14.9. The van der Waals surface area contributed by atoms with Gasteiger partial charge in [0.25, 0.3) is 0 Å². The van der Waals surface area contributed by atoms with Gasteiger partial charge in [-0.15, -0.1) is 0 Å². The molecule has 2 atom stereocenters. The molecule has 0 bridgehead atoms. The van der Waals surface area contributed by atoms with Crippen molar-refractivity contribution in [3.05, 3.63) is 89.8 Å². The van der Waals surface area contributed by atoms with Crippen LogP contribution in [-0.4, -0.2) is 4.98 Å². The normalized spacial score (nSPS) is 12.3. The molecule has 5 heteroatoms. The molecule has 1 aromatic rings. The van der Waals surface area contributed by atoms with Gasteiger partial charge in [-0.1, -0.05) is 102 Å². The molecule has 0 saturated carbocycles. The molecule has 0 radical (unpaired) electrons. The van der Waals surface area contributed by atoms with Crippen molar-refractivity contribution in [2.45, 2.75) is 96.6 Å². The predicted molar refractivity (Wildman–Crippen MR) is 174 cm³/mol. The van der Waals surface area contributed by atoms with Crippen LogP contribution in [0, 0.1) is 23.7 Å². The van der Waals surface area contributed by atoms with Crippen molar-refractivity contribution in [2.24, 2.45) is 40.9 Å². The van der Waals surface area contributed by atoms with Gasteiger partial charge in [-0.2, -0.15) is 0 Å². The van der Waals surface area contributed by atoms with Crippen molar-refractivity contribution in [3.8, 4) is 0 Å². The molecule has 1 heterocycles. The summed E-state index contributed by atoms with van der Waals surface area (Å²) in [6.45, 7) is 31.8. The van der Waals surface area contributed by atoms with Gasteiger partial charge < -0.3 is 22.5 Å². The van der Waals surface area contributed by atoms with Crippen LogP contribution in [0.5, 0.6) is 0 Å². The summed E-state index contributed by atoms with van der Waals surface area (Å²) in [6.07, 6.45) is 13.1.